The third-order valence-electron chi connectivity index (χ3n) is 6.76. The van der Waals surface area contributed by atoms with Crippen LogP contribution in [0.4, 0.5) is 5.82 Å². The molecule has 166 valence electrons. The molecule has 5 heteroatoms. The minimum Gasteiger partial charge on any atom is -0.466 e. The molecule has 31 heavy (non-hydrogen) atoms. The van der Waals surface area contributed by atoms with Gasteiger partial charge in [-0.1, -0.05) is 32.0 Å². The third kappa shape index (κ3) is 5.27. The highest BCUT2D eigenvalue weighted by molar-refractivity contribution is 5.66. The van der Waals surface area contributed by atoms with Gasteiger partial charge in [-0.3, -0.25) is 9.69 Å². The highest BCUT2D eigenvalue weighted by Crippen LogP contribution is 2.40. The lowest BCUT2D eigenvalue weighted by atomic mass is 9.85. The van der Waals surface area contributed by atoms with Gasteiger partial charge in [0.1, 0.15) is 5.82 Å². The van der Waals surface area contributed by atoms with Gasteiger partial charge in [0.15, 0.2) is 0 Å². The van der Waals surface area contributed by atoms with Crippen LogP contribution >= 0.6 is 0 Å². The number of nitrogens with zero attached hydrogens (tertiary/aromatic N) is 3. The van der Waals surface area contributed by atoms with Gasteiger partial charge in [0.25, 0.3) is 0 Å². The lowest BCUT2D eigenvalue weighted by molar-refractivity contribution is -0.141. The normalized spacial score (nSPS) is 18.1. The molecule has 0 spiro atoms. The summed E-state index contributed by atoms with van der Waals surface area (Å²) in [6.07, 6.45) is 4.41. The standard InChI is InChI=1S/C26H35N3O2/c1-20(30)31-18-5-4-13-28-14-16-29(17-15-28)25-8-6-7-24(27-25)22-10-9-21-11-12-26(2,3)23(21)19-22/h6-10,19H,4-5,11-18H2,1-3H3. The average molecular weight is 422 g/mol. The maximum absolute atomic E-state index is 10.8. The largest absolute Gasteiger partial charge is 0.466 e. The number of ether oxygens (including phenoxy) is 1. The number of esters is 1. The molecule has 1 aromatic heterocycles. The molecule has 0 atom stereocenters. The monoisotopic (exact) mass is 421 g/mol. The van der Waals surface area contributed by atoms with Gasteiger partial charge in [0.05, 0.1) is 12.3 Å². The Kier molecular flexibility index (Phi) is 6.61. The number of unbranched alkanes of at least 4 members (excludes halogenated alkanes) is 1. The highest BCUT2D eigenvalue weighted by atomic mass is 16.5. The summed E-state index contributed by atoms with van der Waals surface area (Å²) < 4.78 is 5.02. The van der Waals surface area contributed by atoms with E-state index in [-0.39, 0.29) is 11.4 Å². The Morgan fingerprint density at radius 2 is 1.90 bits per heavy atom. The van der Waals surface area contributed by atoms with Gasteiger partial charge in [-0.2, -0.15) is 0 Å². The van der Waals surface area contributed by atoms with Crippen molar-refractivity contribution in [3.05, 3.63) is 47.5 Å². The Hall–Kier alpha value is -2.40. The van der Waals surface area contributed by atoms with E-state index in [4.69, 9.17) is 9.72 Å². The molecule has 0 amide bonds. The predicted molar refractivity (Wildman–Crippen MR) is 126 cm³/mol. The number of anilines is 1. The van der Waals surface area contributed by atoms with Crippen molar-refractivity contribution in [2.24, 2.45) is 0 Å². The van der Waals surface area contributed by atoms with Gasteiger partial charge in [-0.05, 0) is 67.0 Å². The van der Waals surface area contributed by atoms with Crippen molar-refractivity contribution in [1.29, 1.82) is 0 Å². The molecule has 4 rings (SSSR count). The summed E-state index contributed by atoms with van der Waals surface area (Å²) in [5, 5.41) is 0. The van der Waals surface area contributed by atoms with Gasteiger partial charge < -0.3 is 9.64 Å². The summed E-state index contributed by atoms with van der Waals surface area (Å²) in [7, 11) is 0. The molecule has 2 aliphatic rings. The number of aryl methyl sites for hydroxylation is 1. The number of carbonyl (C=O) groups is 1. The molecule has 0 saturated carbocycles. The summed E-state index contributed by atoms with van der Waals surface area (Å²) in [5.41, 5.74) is 5.53. The molecule has 5 nitrogen and oxygen atoms in total. The summed E-state index contributed by atoms with van der Waals surface area (Å²) >= 11 is 0. The first-order valence-corrected chi connectivity index (χ1v) is 11.6. The van der Waals surface area contributed by atoms with Gasteiger partial charge in [-0.15, -0.1) is 0 Å². The van der Waals surface area contributed by atoms with E-state index in [1.165, 1.54) is 36.5 Å². The molecule has 0 radical (unpaired) electrons. The summed E-state index contributed by atoms with van der Waals surface area (Å²) in [5.74, 6) is 0.888. The van der Waals surface area contributed by atoms with Gasteiger partial charge >= 0.3 is 5.97 Å². The molecule has 1 aliphatic carbocycles. The average Bonchev–Trinajstić information content (AvgIpc) is 3.08. The first-order chi connectivity index (χ1) is 14.9. The minimum absolute atomic E-state index is 0.188. The molecule has 0 bridgehead atoms. The first-order valence-electron chi connectivity index (χ1n) is 11.6. The highest BCUT2D eigenvalue weighted by Gasteiger charge is 2.29. The van der Waals surface area contributed by atoms with Crippen LogP contribution in [0, 0.1) is 0 Å². The smallest absolute Gasteiger partial charge is 0.302 e. The predicted octanol–water partition coefficient (Wildman–Crippen LogP) is 4.44. The fraction of sp³-hybridized carbons (Fsp3) is 0.538. The zero-order valence-corrected chi connectivity index (χ0v) is 19.2. The fourth-order valence-electron chi connectivity index (χ4n) is 4.78. The van der Waals surface area contributed by atoms with Crippen molar-refractivity contribution in [3.8, 4) is 11.3 Å². The topological polar surface area (TPSA) is 45.7 Å². The molecular weight excluding hydrogens is 386 g/mol. The zero-order chi connectivity index (χ0) is 21.8. The van der Waals surface area contributed by atoms with Crippen molar-refractivity contribution in [2.75, 3.05) is 44.2 Å². The van der Waals surface area contributed by atoms with Crippen molar-refractivity contribution >= 4 is 11.8 Å². The lowest BCUT2D eigenvalue weighted by Crippen LogP contribution is -2.47. The molecule has 2 heterocycles. The molecule has 2 aromatic rings. The second-order valence-corrected chi connectivity index (χ2v) is 9.51. The van der Waals surface area contributed by atoms with Crippen LogP contribution in [0.5, 0.6) is 0 Å². The number of rotatable bonds is 7. The van der Waals surface area contributed by atoms with Crippen LogP contribution in [0.25, 0.3) is 11.3 Å². The molecule has 1 aliphatic heterocycles. The molecule has 1 aromatic carbocycles. The molecule has 1 fully saturated rings. The number of carbonyl (C=O) groups excluding carboxylic acids is 1. The van der Waals surface area contributed by atoms with E-state index < -0.39 is 0 Å². The number of hydrogen-bond donors (Lipinski definition) is 0. The van der Waals surface area contributed by atoms with E-state index in [1.54, 1.807) is 0 Å². The molecule has 1 saturated heterocycles. The molecule has 0 N–H and O–H groups in total. The number of benzene rings is 1. The number of piperazine rings is 1. The Bertz CT molecular complexity index is 917. The second-order valence-electron chi connectivity index (χ2n) is 9.51. The Morgan fingerprint density at radius 1 is 1.10 bits per heavy atom. The van der Waals surface area contributed by atoms with E-state index in [9.17, 15) is 4.79 Å². The summed E-state index contributed by atoms with van der Waals surface area (Å²) in [6, 6.07) is 13.3. The lowest BCUT2D eigenvalue weighted by Gasteiger charge is -2.35. The summed E-state index contributed by atoms with van der Waals surface area (Å²) in [6.45, 7) is 11.9. The van der Waals surface area contributed by atoms with E-state index in [2.05, 4.69) is 60.0 Å². The maximum Gasteiger partial charge on any atom is 0.302 e. The molecular formula is C26H35N3O2. The van der Waals surface area contributed by atoms with Gasteiger partial charge in [0.2, 0.25) is 0 Å². The van der Waals surface area contributed by atoms with Gasteiger partial charge in [0, 0.05) is 38.7 Å². The van der Waals surface area contributed by atoms with Crippen LogP contribution in [-0.2, 0) is 21.4 Å². The SMILES string of the molecule is CC(=O)OCCCCN1CCN(c2cccc(-c3ccc4c(c3)C(C)(C)CC4)n2)CC1. The Morgan fingerprint density at radius 3 is 2.68 bits per heavy atom. The maximum atomic E-state index is 10.8. The van der Waals surface area contributed by atoms with E-state index in [0.717, 1.165) is 57.1 Å². The van der Waals surface area contributed by atoms with Crippen LogP contribution in [-0.4, -0.2) is 55.2 Å². The zero-order valence-electron chi connectivity index (χ0n) is 19.2. The number of fused-ring (bicyclic) bond motifs is 1. The third-order valence-corrected chi connectivity index (χ3v) is 6.76. The Balaban J connectivity index is 1.34. The Labute approximate surface area is 186 Å². The molecule has 0 unspecified atom stereocenters. The van der Waals surface area contributed by atoms with E-state index in [0.29, 0.717) is 6.61 Å². The number of hydrogen-bond acceptors (Lipinski definition) is 5. The van der Waals surface area contributed by atoms with Crippen molar-refractivity contribution in [3.63, 3.8) is 0 Å². The van der Waals surface area contributed by atoms with E-state index in [1.807, 2.05) is 0 Å². The van der Waals surface area contributed by atoms with Crippen molar-refractivity contribution in [1.82, 2.24) is 9.88 Å². The summed E-state index contributed by atoms with van der Waals surface area (Å²) in [4.78, 5) is 20.8. The van der Waals surface area contributed by atoms with Crippen LogP contribution in [0.15, 0.2) is 36.4 Å². The second kappa shape index (κ2) is 9.39. The number of aromatic nitrogens is 1. The van der Waals surface area contributed by atoms with Crippen molar-refractivity contribution in [2.45, 2.75) is 51.9 Å². The first kappa shape index (κ1) is 21.8. The van der Waals surface area contributed by atoms with Crippen LogP contribution < -0.4 is 4.90 Å². The van der Waals surface area contributed by atoms with E-state index >= 15 is 0 Å². The minimum atomic E-state index is -0.188. The van der Waals surface area contributed by atoms with Crippen LogP contribution in [0.2, 0.25) is 0 Å². The van der Waals surface area contributed by atoms with Crippen LogP contribution in [0.1, 0.15) is 51.2 Å². The fourth-order valence-corrected chi connectivity index (χ4v) is 4.78. The quantitative estimate of drug-likeness (QED) is 0.489. The van der Waals surface area contributed by atoms with Crippen LogP contribution in [0.3, 0.4) is 0 Å². The van der Waals surface area contributed by atoms with Crippen molar-refractivity contribution < 1.29 is 9.53 Å². The van der Waals surface area contributed by atoms with Gasteiger partial charge in [-0.25, -0.2) is 4.98 Å². The number of pyridine rings is 1.